The van der Waals surface area contributed by atoms with Crippen molar-refractivity contribution in [3.63, 3.8) is 0 Å². The molecule has 2 aromatic rings. The molecule has 1 aromatic carbocycles. The summed E-state index contributed by atoms with van der Waals surface area (Å²) in [6.07, 6.45) is 1.59. The number of carboxylic acid groups (broad SMARTS) is 1. The van der Waals surface area contributed by atoms with Gasteiger partial charge in [-0.1, -0.05) is 0 Å². The van der Waals surface area contributed by atoms with Crippen LogP contribution in [0.1, 0.15) is 17.3 Å². The van der Waals surface area contributed by atoms with Crippen molar-refractivity contribution in [3.8, 4) is 5.75 Å². The number of aliphatic carboxylic acids is 1. The molecule has 1 aromatic heterocycles. The van der Waals surface area contributed by atoms with Crippen molar-refractivity contribution in [2.24, 2.45) is 0 Å². The molecule has 0 unspecified atom stereocenters. The maximum Gasteiger partial charge on any atom is 0.325 e. The lowest BCUT2D eigenvalue weighted by atomic mass is 10.0. The van der Waals surface area contributed by atoms with E-state index in [1.54, 1.807) is 24.2 Å². The van der Waals surface area contributed by atoms with Crippen LogP contribution < -0.4 is 4.74 Å². The number of benzene rings is 1. The third kappa shape index (κ3) is 3.38. The van der Waals surface area contributed by atoms with E-state index in [9.17, 15) is 14.3 Å². The number of hydrogen-bond donors (Lipinski definition) is 2. The largest absolute Gasteiger partial charge is 0.496 e. The third-order valence-electron chi connectivity index (χ3n) is 3.14. The summed E-state index contributed by atoms with van der Waals surface area (Å²) in [5.41, 5.74) is 1.03. The van der Waals surface area contributed by atoms with Crippen LogP contribution in [-0.2, 0) is 11.3 Å². The molecule has 0 spiro atoms. The predicted octanol–water partition coefficient (Wildman–Crippen LogP) is 1.82. The second-order valence-electron chi connectivity index (χ2n) is 4.62. The number of hydrogen-bond acceptors (Lipinski definition) is 4. The second-order valence-corrected chi connectivity index (χ2v) is 4.62. The van der Waals surface area contributed by atoms with E-state index < -0.39 is 17.8 Å². The van der Waals surface area contributed by atoms with Crippen molar-refractivity contribution in [2.45, 2.75) is 12.6 Å². The van der Waals surface area contributed by atoms with Crippen LogP contribution in [0.25, 0.3) is 0 Å². The van der Waals surface area contributed by atoms with E-state index in [0.29, 0.717) is 12.3 Å². The van der Waals surface area contributed by atoms with Crippen LogP contribution in [0.2, 0.25) is 0 Å². The molecule has 0 fully saturated rings. The number of aromatic nitrogens is 2. The molecule has 0 saturated heterocycles. The number of aromatic amines is 1. The summed E-state index contributed by atoms with van der Waals surface area (Å²) in [7, 11) is 3.06. The number of H-pyrrole nitrogens is 1. The fourth-order valence-electron chi connectivity index (χ4n) is 2.21. The van der Waals surface area contributed by atoms with E-state index in [4.69, 9.17) is 4.74 Å². The van der Waals surface area contributed by atoms with E-state index in [0.717, 1.165) is 5.69 Å². The molecule has 6 nitrogen and oxygen atoms in total. The van der Waals surface area contributed by atoms with Gasteiger partial charge >= 0.3 is 5.97 Å². The Morgan fingerprint density at radius 2 is 2.29 bits per heavy atom. The molecular formula is C14H16FN3O3. The van der Waals surface area contributed by atoms with Crippen LogP contribution >= 0.6 is 0 Å². The van der Waals surface area contributed by atoms with Crippen molar-refractivity contribution >= 4 is 5.97 Å². The summed E-state index contributed by atoms with van der Waals surface area (Å²) in [4.78, 5) is 13.2. The smallest absolute Gasteiger partial charge is 0.325 e. The molecule has 21 heavy (non-hydrogen) atoms. The number of carbonyl (C=O) groups is 1. The molecule has 0 saturated carbocycles. The van der Waals surface area contributed by atoms with Gasteiger partial charge in [0.2, 0.25) is 0 Å². The Balaban J connectivity index is 2.34. The van der Waals surface area contributed by atoms with E-state index in [1.165, 1.54) is 25.3 Å². The fraction of sp³-hybridized carbons (Fsp3) is 0.286. The summed E-state index contributed by atoms with van der Waals surface area (Å²) in [6, 6.07) is 4.55. The summed E-state index contributed by atoms with van der Waals surface area (Å²) >= 11 is 0. The van der Waals surface area contributed by atoms with Crippen molar-refractivity contribution in [3.05, 3.63) is 47.5 Å². The Morgan fingerprint density at radius 1 is 1.52 bits per heavy atom. The third-order valence-corrected chi connectivity index (χ3v) is 3.14. The van der Waals surface area contributed by atoms with Crippen molar-refractivity contribution in [2.75, 3.05) is 14.2 Å². The van der Waals surface area contributed by atoms with Crippen molar-refractivity contribution in [1.29, 1.82) is 0 Å². The standard InChI is InChI=1S/C14H16FN3O3/c1-18(8-10-5-6-16-17-10)13(14(19)20)11-7-9(15)3-4-12(11)21-2/h3-7,13H,8H2,1-2H3,(H,16,17)(H,19,20)/t13-/m0/s1. The lowest BCUT2D eigenvalue weighted by Gasteiger charge is -2.25. The average Bonchev–Trinajstić information content (AvgIpc) is 2.91. The molecule has 7 heteroatoms. The van der Waals surface area contributed by atoms with Gasteiger partial charge in [0.1, 0.15) is 17.6 Å². The Labute approximate surface area is 121 Å². The van der Waals surface area contributed by atoms with Gasteiger partial charge in [0.05, 0.1) is 7.11 Å². The Hall–Kier alpha value is -2.41. The van der Waals surface area contributed by atoms with Gasteiger partial charge < -0.3 is 9.84 Å². The minimum absolute atomic E-state index is 0.270. The second kappa shape index (κ2) is 6.36. The van der Waals surface area contributed by atoms with Crippen molar-refractivity contribution in [1.82, 2.24) is 15.1 Å². The minimum Gasteiger partial charge on any atom is -0.496 e. The first kappa shape index (κ1) is 15.0. The fourth-order valence-corrected chi connectivity index (χ4v) is 2.21. The normalized spacial score (nSPS) is 12.4. The van der Waals surface area contributed by atoms with Crippen LogP contribution in [0.5, 0.6) is 5.75 Å². The van der Waals surface area contributed by atoms with Crippen molar-refractivity contribution < 1.29 is 19.0 Å². The van der Waals surface area contributed by atoms with E-state index in [-0.39, 0.29) is 5.56 Å². The van der Waals surface area contributed by atoms with Gasteiger partial charge in [-0.2, -0.15) is 5.10 Å². The SMILES string of the molecule is COc1ccc(F)cc1[C@@H](C(=O)O)N(C)Cc1ccn[nH]1. The number of nitrogens with zero attached hydrogens (tertiary/aromatic N) is 2. The molecule has 1 atom stereocenters. The molecule has 112 valence electrons. The monoisotopic (exact) mass is 293 g/mol. The molecule has 2 N–H and O–H groups in total. The number of likely N-dealkylation sites (N-methyl/N-ethyl adjacent to an activating group) is 1. The highest BCUT2D eigenvalue weighted by Gasteiger charge is 2.28. The van der Waals surface area contributed by atoms with Gasteiger partial charge in [-0.15, -0.1) is 0 Å². The van der Waals surface area contributed by atoms with Crippen LogP contribution in [0.15, 0.2) is 30.5 Å². The van der Waals surface area contributed by atoms with E-state index >= 15 is 0 Å². The van der Waals surface area contributed by atoms with Crippen LogP contribution in [0.4, 0.5) is 4.39 Å². The lowest BCUT2D eigenvalue weighted by Crippen LogP contribution is -2.31. The molecule has 0 radical (unpaired) electrons. The van der Waals surface area contributed by atoms with Gasteiger partial charge in [0, 0.05) is 24.0 Å². The Morgan fingerprint density at radius 3 is 2.86 bits per heavy atom. The molecule has 2 rings (SSSR count). The van der Waals surface area contributed by atoms with Crippen LogP contribution in [-0.4, -0.2) is 40.3 Å². The van der Waals surface area contributed by atoms with E-state index in [1.807, 2.05) is 0 Å². The van der Waals surface area contributed by atoms with Gasteiger partial charge in [0.15, 0.2) is 0 Å². The average molecular weight is 293 g/mol. The first-order valence-electron chi connectivity index (χ1n) is 6.27. The van der Waals surface area contributed by atoms with Gasteiger partial charge in [-0.25, -0.2) is 4.39 Å². The van der Waals surface area contributed by atoms with E-state index in [2.05, 4.69) is 10.2 Å². The maximum atomic E-state index is 13.5. The van der Waals surface area contributed by atoms with Crippen LogP contribution in [0.3, 0.4) is 0 Å². The topological polar surface area (TPSA) is 78.5 Å². The molecule has 0 aliphatic heterocycles. The molecular weight excluding hydrogens is 277 g/mol. The zero-order valence-electron chi connectivity index (χ0n) is 11.7. The number of rotatable bonds is 6. The van der Waals surface area contributed by atoms with Gasteiger partial charge in [-0.05, 0) is 31.3 Å². The quantitative estimate of drug-likeness (QED) is 0.849. The summed E-state index contributed by atoms with van der Waals surface area (Å²) in [5, 5.41) is 16.1. The highest BCUT2D eigenvalue weighted by molar-refractivity contribution is 5.76. The molecule has 0 aliphatic carbocycles. The first-order chi connectivity index (χ1) is 10.0. The zero-order chi connectivity index (χ0) is 15.4. The maximum absolute atomic E-state index is 13.5. The highest BCUT2D eigenvalue weighted by Crippen LogP contribution is 2.30. The number of halogens is 1. The number of methoxy groups -OCH3 is 1. The van der Waals surface area contributed by atoms with Crippen LogP contribution in [0, 0.1) is 5.82 Å². The Bertz CT molecular complexity index is 616. The lowest BCUT2D eigenvalue weighted by molar-refractivity contribution is -0.143. The minimum atomic E-state index is -1.08. The molecule has 1 heterocycles. The predicted molar refractivity (Wildman–Crippen MR) is 73.4 cm³/mol. The first-order valence-corrected chi connectivity index (χ1v) is 6.27. The molecule has 0 bridgehead atoms. The molecule has 0 amide bonds. The number of nitrogens with one attached hydrogen (secondary N) is 1. The summed E-state index contributed by atoms with van der Waals surface area (Å²) < 4.78 is 18.6. The summed E-state index contributed by atoms with van der Waals surface area (Å²) in [5.74, 6) is -1.26. The summed E-state index contributed by atoms with van der Waals surface area (Å²) in [6.45, 7) is 0.330. The van der Waals surface area contributed by atoms with Gasteiger partial charge in [0.25, 0.3) is 0 Å². The molecule has 0 aliphatic rings. The zero-order valence-corrected chi connectivity index (χ0v) is 11.7. The number of carboxylic acids is 1. The highest BCUT2D eigenvalue weighted by atomic mass is 19.1. The van der Waals surface area contributed by atoms with Gasteiger partial charge in [-0.3, -0.25) is 14.8 Å². The number of ether oxygens (including phenoxy) is 1. The Kier molecular flexibility index (Phi) is 4.54.